The molecule has 0 unspecified atom stereocenters. The smallest absolute Gasteiger partial charge is 0.248 e. The van der Waals surface area contributed by atoms with Gasteiger partial charge in [-0.2, -0.15) is 0 Å². The van der Waals surface area contributed by atoms with E-state index in [0.717, 1.165) is 19.5 Å². The standard InChI is InChI=1S/C17H31N3O3/c1-3-18-16(21)12-19-8-10-20(11-9-19)17(22)13-23-15-7-5-4-6-14(15)2/h14-15H,3-13H2,1-2H3,(H,18,21)/t14-,15+/m0/s1. The summed E-state index contributed by atoms with van der Waals surface area (Å²) < 4.78 is 5.86. The van der Waals surface area contributed by atoms with Crippen LogP contribution in [0.3, 0.4) is 0 Å². The molecule has 2 atom stereocenters. The van der Waals surface area contributed by atoms with Gasteiger partial charge in [0.15, 0.2) is 0 Å². The number of likely N-dealkylation sites (N-methyl/N-ethyl adjacent to an activating group) is 1. The Hall–Kier alpha value is -1.14. The van der Waals surface area contributed by atoms with Gasteiger partial charge in [-0.05, 0) is 25.7 Å². The van der Waals surface area contributed by atoms with E-state index >= 15 is 0 Å². The Morgan fingerprint density at radius 3 is 2.48 bits per heavy atom. The Labute approximate surface area is 139 Å². The summed E-state index contributed by atoms with van der Waals surface area (Å²) in [4.78, 5) is 27.8. The number of rotatable bonds is 6. The lowest BCUT2D eigenvalue weighted by Gasteiger charge is -2.35. The lowest BCUT2D eigenvalue weighted by Crippen LogP contribution is -2.52. The molecule has 0 aromatic rings. The second kappa shape index (κ2) is 9.23. The fourth-order valence-electron chi connectivity index (χ4n) is 3.41. The van der Waals surface area contributed by atoms with Crippen molar-refractivity contribution in [3.63, 3.8) is 0 Å². The molecule has 0 aromatic carbocycles. The number of nitrogens with one attached hydrogen (secondary N) is 1. The van der Waals surface area contributed by atoms with Crippen LogP contribution < -0.4 is 5.32 Å². The van der Waals surface area contributed by atoms with Crippen molar-refractivity contribution in [3.8, 4) is 0 Å². The molecule has 132 valence electrons. The molecule has 0 aromatic heterocycles. The van der Waals surface area contributed by atoms with Crippen LogP contribution in [0.15, 0.2) is 0 Å². The maximum Gasteiger partial charge on any atom is 0.248 e. The average molecular weight is 325 g/mol. The second-order valence-electron chi connectivity index (χ2n) is 6.72. The molecule has 1 N–H and O–H groups in total. The van der Waals surface area contributed by atoms with Crippen LogP contribution in [-0.4, -0.2) is 73.6 Å². The summed E-state index contributed by atoms with van der Waals surface area (Å²) in [5, 5.41) is 2.81. The molecule has 2 rings (SSSR count). The van der Waals surface area contributed by atoms with E-state index in [0.29, 0.717) is 32.1 Å². The SMILES string of the molecule is CCNC(=O)CN1CCN(C(=O)CO[C@@H]2CCCC[C@@H]2C)CC1. The summed E-state index contributed by atoms with van der Waals surface area (Å²) in [6, 6.07) is 0. The highest BCUT2D eigenvalue weighted by molar-refractivity contribution is 5.78. The van der Waals surface area contributed by atoms with Gasteiger partial charge >= 0.3 is 0 Å². The number of ether oxygens (including phenoxy) is 1. The monoisotopic (exact) mass is 325 g/mol. The van der Waals surface area contributed by atoms with E-state index in [-0.39, 0.29) is 24.5 Å². The van der Waals surface area contributed by atoms with Gasteiger partial charge < -0.3 is 15.0 Å². The highest BCUT2D eigenvalue weighted by atomic mass is 16.5. The molecule has 1 saturated heterocycles. The van der Waals surface area contributed by atoms with Gasteiger partial charge in [0.25, 0.3) is 0 Å². The first-order valence-electron chi connectivity index (χ1n) is 8.98. The molecule has 23 heavy (non-hydrogen) atoms. The lowest BCUT2D eigenvalue weighted by molar-refractivity contribution is -0.142. The molecular formula is C17H31N3O3. The van der Waals surface area contributed by atoms with E-state index in [1.165, 1.54) is 19.3 Å². The van der Waals surface area contributed by atoms with Crippen LogP contribution in [0.5, 0.6) is 0 Å². The molecule has 6 nitrogen and oxygen atoms in total. The predicted molar refractivity (Wildman–Crippen MR) is 89.1 cm³/mol. The van der Waals surface area contributed by atoms with Crippen molar-refractivity contribution in [2.24, 2.45) is 5.92 Å². The van der Waals surface area contributed by atoms with Crippen molar-refractivity contribution in [2.45, 2.75) is 45.6 Å². The Balaban J connectivity index is 1.66. The molecule has 1 heterocycles. The Morgan fingerprint density at radius 1 is 1.13 bits per heavy atom. The van der Waals surface area contributed by atoms with Crippen molar-refractivity contribution < 1.29 is 14.3 Å². The third-order valence-electron chi connectivity index (χ3n) is 4.92. The molecule has 1 aliphatic carbocycles. The van der Waals surface area contributed by atoms with E-state index in [9.17, 15) is 9.59 Å². The molecule has 0 spiro atoms. The van der Waals surface area contributed by atoms with E-state index < -0.39 is 0 Å². The van der Waals surface area contributed by atoms with E-state index in [2.05, 4.69) is 17.1 Å². The highest BCUT2D eigenvalue weighted by Gasteiger charge is 2.26. The summed E-state index contributed by atoms with van der Waals surface area (Å²) in [6.07, 6.45) is 5.02. The van der Waals surface area contributed by atoms with Crippen molar-refractivity contribution in [2.75, 3.05) is 45.9 Å². The lowest BCUT2D eigenvalue weighted by atomic mass is 9.88. The molecule has 1 saturated carbocycles. The number of hydrogen-bond acceptors (Lipinski definition) is 4. The van der Waals surface area contributed by atoms with Crippen LogP contribution in [0.25, 0.3) is 0 Å². The zero-order valence-corrected chi connectivity index (χ0v) is 14.6. The Morgan fingerprint density at radius 2 is 1.83 bits per heavy atom. The molecule has 0 bridgehead atoms. The first-order valence-corrected chi connectivity index (χ1v) is 8.98. The minimum absolute atomic E-state index is 0.0573. The topological polar surface area (TPSA) is 61.9 Å². The van der Waals surface area contributed by atoms with Crippen molar-refractivity contribution in [1.82, 2.24) is 15.1 Å². The average Bonchev–Trinajstić information content (AvgIpc) is 2.55. The number of hydrogen-bond donors (Lipinski definition) is 1. The van der Waals surface area contributed by atoms with Gasteiger partial charge in [-0.3, -0.25) is 14.5 Å². The molecule has 6 heteroatoms. The zero-order valence-electron chi connectivity index (χ0n) is 14.6. The summed E-state index contributed by atoms with van der Waals surface area (Å²) in [7, 11) is 0. The van der Waals surface area contributed by atoms with Crippen LogP contribution in [0, 0.1) is 5.92 Å². The molecular weight excluding hydrogens is 294 g/mol. The van der Waals surface area contributed by atoms with E-state index in [1.807, 2.05) is 11.8 Å². The highest BCUT2D eigenvalue weighted by Crippen LogP contribution is 2.26. The van der Waals surface area contributed by atoms with Crippen LogP contribution >= 0.6 is 0 Å². The van der Waals surface area contributed by atoms with Crippen LogP contribution in [0.1, 0.15) is 39.5 Å². The molecule has 0 radical (unpaired) electrons. The quantitative estimate of drug-likeness (QED) is 0.787. The Kier molecular flexibility index (Phi) is 7.30. The summed E-state index contributed by atoms with van der Waals surface area (Å²) >= 11 is 0. The van der Waals surface area contributed by atoms with Crippen molar-refractivity contribution >= 4 is 11.8 Å². The van der Waals surface area contributed by atoms with E-state index in [1.54, 1.807) is 0 Å². The third-order valence-corrected chi connectivity index (χ3v) is 4.92. The first-order chi connectivity index (χ1) is 11.1. The van der Waals surface area contributed by atoms with E-state index in [4.69, 9.17) is 4.74 Å². The summed E-state index contributed by atoms with van der Waals surface area (Å²) in [5.41, 5.74) is 0. The van der Waals surface area contributed by atoms with Gasteiger partial charge in [0, 0.05) is 32.7 Å². The Bertz CT molecular complexity index is 395. The zero-order chi connectivity index (χ0) is 16.7. The largest absolute Gasteiger partial charge is 0.368 e. The minimum Gasteiger partial charge on any atom is -0.368 e. The molecule has 2 amide bonds. The number of nitrogens with zero attached hydrogens (tertiary/aromatic N) is 2. The maximum atomic E-state index is 12.3. The number of amides is 2. The second-order valence-corrected chi connectivity index (χ2v) is 6.72. The van der Waals surface area contributed by atoms with Gasteiger partial charge in [0.2, 0.25) is 11.8 Å². The number of carbonyl (C=O) groups is 2. The van der Waals surface area contributed by atoms with Crippen molar-refractivity contribution in [3.05, 3.63) is 0 Å². The number of carbonyl (C=O) groups excluding carboxylic acids is 2. The van der Waals surface area contributed by atoms with Gasteiger partial charge in [-0.15, -0.1) is 0 Å². The summed E-state index contributed by atoms with van der Waals surface area (Å²) in [5.74, 6) is 0.702. The normalized spacial score (nSPS) is 26.1. The first kappa shape index (κ1) is 18.2. The predicted octanol–water partition coefficient (Wildman–Crippen LogP) is 0.862. The van der Waals surface area contributed by atoms with Crippen LogP contribution in [0.2, 0.25) is 0 Å². The molecule has 2 fully saturated rings. The van der Waals surface area contributed by atoms with Gasteiger partial charge in [-0.25, -0.2) is 0 Å². The van der Waals surface area contributed by atoms with Gasteiger partial charge in [0.1, 0.15) is 6.61 Å². The van der Waals surface area contributed by atoms with Gasteiger partial charge in [0.05, 0.1) is 12.6 Å². The maximum absolute atomic E-state index is 12.3. The third kappa shape index (κ3) is 5.77. The van der Waals surface area contributed by atoms with Crippen LogP contribution in [-0.2, 0) is 14.3 Å². The minimum atomic E-state index is 0.0573. The summed E-state index contributed by atoms with van der Waals surface area (Å²) in [6.45, 7) is 8.29. The molecule has 2 aliphatic rings. The number of piperazine rings is 1. The fraction of sp³-hybridized carbons (Fsp3) is 0.882. The molecule has 1 aliphatic heterocycles. The van der Waals surface area contributed by atoms with Crippen molar-refractivity contribution in [1.29, 1.82) is 0 Å². The van der Waals surface area contributed by atoms with Gasteiger partial charge in [-0.1, -0.05) is 19.8 Å². The van der Waals surface area contributed by atoms with Crippen LogP contribution in [0.4, 0.5) is 0 Å². The fourth-order valence-corrected chi connectivity index (χ4v) is 3.41.